The Morgan fingerprint density at radius 3 is 2.06 bits per heavy atom. The highest BCUT2D eigenvalue weighted by Gasteiger charge is 2.38. The molecule has 0 atom stereocenters. The summed E-state index contributed by atoms with van der Waals surface area (Å²) in [6, 6.07) is 56.4. The molecule has 0 spiro atoms. The number of hydrazine groups is 1. The summed E-state index contributed by atoms with van der Waals surface area (Å²) in [5.74, 6) is 0.470. The van der Waals surface area contributed by atoms with E-state index in [4.69, 9.17) is 15.8 Å². The second-order valence-corrected chi connectivity index (χ2v) is 12.9. The van der Waals surface area contributed by atoms with Gasteiger partial charge in [-0.05, 0) is 51.9 Å². The minimum Gasteiger partial charge on any atom is -0.454 e. The monoisotopic (exact) mass is 653 g/mol. The standard InChI is InChI=1S/C46H28N4O/c1-3-16-30(17-4-1)43-35-23-11-13-25-37(35)47-46(48-43)50-44-42(34-22-10-9-21-33(34)40-36-24-12-14-26-39(36)51-45(40)44)41-32-20-8-7-15-29(32)27-28-38(41)49(50)31-18-5-2-6-19-31/h1-28H/i16D. The highest BCUT2D eigenvalue weighted by atomic mass is 16.3. The maximum atomic E-state index is 8.92. The summed E-state index contributed by atoms with van der Waals surface area (Å²) < 4.78 is 15.9. The number of hydrogen-bond donors (Lipinski definition) is 0. The van der Waals surface area contributed by atoms with E-state index in [9.17, 15) is 0 Å². The Morgan fingerprint density at radius 1 is 0.510 bits per heavy atom. The zero-order chi connectivity index (χ0) is 34.3. The molecule has 11 rings (SSSR count). The molecule has 1 aliphatic heterocycles. The van der Waals surface area contributed by atoms with Crippen LogP contribution in [0.25, 0.3) is 76.8 Å². The fourth-order valence-corrected chi connectivity index (χ4v) is 7.92. The number of furan rings is 1. The van der Waals surface area contributed by atoms with Crippen LogP contribution in [0.4, 0.5) is 23.0 Å². The number of nitrogens with zero attached hydrogens (tertiary/aromatic N) is 4. The van der Waals surface area contributed by atoms with Crippen molar-refractivity contribution in [3.8, 4) is 22.4 Å². The zero-order valence-corrected chi connectivity index (χ0v) is 27.3. The lowest BCUT2D eigenvalue weighted by Gasteiger charge is -2.43. The van der Waals surface area contributed by atoms with Crippen LogP contribution in [0.2, 0.25) is 0 Å². The van der Waals surface area contributed by atoms with Crippen molar-refractivity contribution in [2.45, 2.75) is 0 Å². The van der Waals surface area contributed by atoms with Crippen molar-refractivity contribution in [3.63, 3.8) is 0 Å². The van der Waals surface area contributed by atoms with E-state index >= 15 is 0 Å². The Labute approximate surface area is 294 Å². The number of hydrogen-bond acceptors (Lipinski definition) is 5. The lowest BCUT2D eigenvalue weighted by Crippen LogP contribution is -2.40. The molecular weight excluding hydrogens is 625 g/mol. The summed E-state index contributed by atoms with van der Waals surface area (Å²) in [6.45, 7) is 0. The largest absolute Gasteiger partial charge is 0.454 e. The molecule has 8 aromatic carbocycles. The number of fused-ring (bicyclic) bond motifs is 13. The maximum Gasteiger partial charge on any atom is 0.251 e. The molecule has 0 unspecified atom stereocenters. The van der Waals surface area contributed by atoms with Crippen molar-refractivity contribution < 1.29 is 5.79 Å². The van der Waals surface area contributed by atoms with Crippen LogP contribution in [-0.2, 0) is 0 Å². The third-order valence-electron chi connectivity index (χ3n) is 10.1. The van der Waals surface area contributed by atoms with Gasteiger partial charge in [0.05, 0.1) is 24.0 Å². The van der Waals surface area contributed by atoms with E-state index in [1.54, 1.807) is 0 Å². The summed E-state index contributed by atoms with van der Waals surface area (Å²) in [7, 11) is 0. The van der Waals surface area contributed by atoms with Gasteiger partial charge in [-0.25, -0.2) is 20.0 Å². The average molecular weight is 654 g/mol. The molecule has 0 bridgehead atoms. The summed E-state index contributed by atoms with van der Waals surface area (Å²) in [5.41, 5.74) is 8.77. The van der Waals surface area contributed by atoms with Crippen molar-refractivity contribution in [3.05, 3.63) is 170 Å². The SMILES string of the molecule is [2H]c1ccccc1-c1nc(N2c3c(c4ccccc4c4c3oc3ccccc34)-c3c(ccc4ccccc34)N2c2ccccc2)nc2ccccc12. The van der Waals surface area contributed by atoms with E-state index in [1.807, 2.05) is 66.7 Å². The van der Waals surface area contributed by atoms with Crippen molar-refractivity contribution in [2.75, 3.05) is 10.0 Å². The molecule has 0 radical (unpaired) electrons. The number of benzene rings is 8. The Kier molecular flexibility index (Phi) is 5.68. The molecule has 0 saturated carbocycles. The van der Waals surface area contributed by atoms with Crippen molar-refractivity contribution in [2.24, 2.45) is 0 Å². The van der Waals surface area contributed by atoms with Gasteiger partial charge in [0.15, 0.2) is 5.58 Å². The van der Waals surface area contributed by atoms with Crippen molar-refractivity contribution >= 4 is 77.4 Å². The first-order chi connectivity index (χ1) is 25.7. The molecule has 0 saturated heterocycles. The van der Waals surface area contributed by atoms with Crippen LogP contribution < -0.4 is 10.0 Å². The zero-order valence-electron chi connectivity index (χ0n) is 28.3. The fourth-order valence-electron chi connectivity index (χ4n) is 7.92. The molecule has 5 nitrogen and oxygen atoms in total. The molecule has 0 N–H and O–H groups in total. The van der Waals surface area contributed by atoms with E-state index in [-0.39, 0.29) is 0 Å². The molecule has 2 aromatic heterocycles. The Bertz CT molecular complexity index is 3060. The van der Waals surface area contributed by atoms with Gasteiger partial charge in [0.2, 0.25) is 0 Å². The van der Waals surface area contributed by atoms with Crippen LogP contribution in [-0.4, -0.2) is 9.97 Å². The lowest BCUT2D eigenvalue weighted by molar-refractivity contribution is 0.667. The maximum absolute atomic E-state index is 8.92. The molecule has 5 heteroatoms. The molecule has 0 fully saturated rings. The van der Waals surface area contributed by atoms with Gasteiger partial charge in [-0.1, -0.05) is 140 Å². The van der Waals surface area contributed by atoms with Crippen LogP contribution in [0.3, 0.4) is 0 Å². The normalized spacial score (nSPS) is 12.9. The quantitative estimate of drug-likeness (QED) is 0.190. The third-order valence-corrected chi connectivity index (χ3v) is 10.1. The minimum absolute atomic E-state index is 0.402. The topological polar surface area (TPSA) is 45.4 Å². The van der Waals surface area contributed by atoms with Crippen LogP contribution >= 0.6 is 0 Å². The lowest BCUT2D eigenvalue weighted by atomic mass is 9.87. The first kappa shape index (κ1) is 26.9. The van der Waals surface area contributed by atoms with Gasteiger partial charge in [-0.3, -0.25) is 0 Å². The van der Waals surface area contributed by atoms with Gasteiger partial charge in [-0.15, -0.1) is 0 Å². The molecule has 0 amide bonds. The minimum atomic E-state index is 0.402. The van der Waals surface area contributed by atoms with Crippen molar-refractivity contribution in [1.29, 1.82) is 0 Å². The highest BCUT2D eigenvalue weighted by molar-refractivity contribution is 6.30. The second kappa shape index (κ2) is 10.8. The van der Waals surface area contributed by atoms with Crippen LogP contribution in [0.1, 0.15) is 1.37 Å². The molecule has 3 heterocycles. The number of aromatic nitrogens is 2. The van der Waals surface area contributed by atoms with Crippen molar-refractivity contribution in [1.82, 2.24) is 9.97 Å². The van der Waals surface area contributed by atoms with Crippen LogP contribution in [0.15, 0.2) is 174 Å². The molecule has 238 valence electrons. The van der Waals surface area contributed by atoms with E-state index in [0.717, 1.165) is 88.1 Å². The first-order valence-corrected chi connectivity index (χ1v) is 17.1. The van der Waals surface area contributed by atoms with Crippen LogP contribution in [0, 0.1) is 0 Å². The Balaban J connectivity index is 1.37. The predicted octanol–water partition coefficient (Wildman–Crippen LogP) is 12.4. The average Bonchev–Trinajstić information content (AvgIpc) is 3.60. The smallest absolute Gasteiger partial charge is 0.251 e. The fraction of sp³-hybridized carbons (Fsp3) is 0. The second-order valence-electron chi connectivity index (χ2n) is 12.9. The molecular formula is C46H28N4O. The third kappa shape index (κ3) is 4.03. The number of rotatable bonds is 3. The molecule has 10 aromatic rings. The predicted molar refractivity (Wildman–Crippen MR) is 210 cm³/mol. The summed E-state index contributed by atoms with van der Waals surface area (Å²) >= 11 is 0. The van der Waals surface area contributed by atoms with E-state index in [0.29, 0.717) is 17.7 Å². The van der Waals surface area contributed by atoms with E-state index in [1.165, 1.54) is 0 Å². The van der Waals surface area contributed by atoms with Gasteiger partial charge in [-0.2, -0.15) is 0 Å². The Hall–Kier alpha value is -6.98. The molecule has 0 aliphatic carbocycles. The molecule has 1 aliphatic rings. The highest BCUT2D eigenvalue weighted by Crippen LogP contribution is 2.57. The van der Waals surface area contributed by atoms with Crippen LogP contribution in [0.5, 0.6) is 0 Å². The van der Waals surface area contributed by atoms with Gasteiger partial charge >= 0.3 is 0 Å². The van der Waals surface area contributed by atoms with E-state index < -0.39 is 0 Å². The van der Waals surface area contributed by atoms with Gasteiger partial charge in [0.1, 0.15) is 11.3 Å². The van der Waals surface area contributed by atoms with Gasteiger partial charge in [0.25, 0.3) is 5.95 Å². The van der Waals surface area contributed by atoms with Gasteiger partial charge < -0.3 is 4.42 Å². The number of para-hydroxylation sites is 3. The summed E-state index contributed by atoms with van der Waals surface area (Å²) in [6.07, 6.45) is 0. The number of anilines is 4. The Morgan fingerprint density at radius 2 is 1.20 bits per heavy atom. The van der Waals surface area contributed by atoms with E-state index in [2.05, 4.69) is 107 Å². The summed E-state index contributed by atoms with van der Waals surface area (Å²) in [5, 5.41) is 11.9. The first-order valence-electron chi connectivity index (χ1n) is 17.6. The molecule has 51 heavy (non-hydrogen) atoms. The summed E-state index contributed by atoms with van der Waals surface area (Å²) in [4.78, 5) is 10.8. The van der Waals surface area contributed by atoms with Gasteiger partial charge in [0, 0.05) is 32.8 Å².